The molecule has 0 aromatic heterocycles. The summed E-state index contributed by atoms with van der Waals surface area (Å²) in [4.78, 5) is 43.7. The van der Waals surface area contributed by atoms with Crippen LogP contribution in [0.3, 0.4) is 0 Å². The molecule has 0 radical (unpaired) electrons. The van der Waals surface area contributed by atoms with Crippen molar-refractivity contribution < 1.29 is 23.9 Å². The molecule has 2 aliphatic rings. The summed E-state index contributed by atoms with van der Waals surface area (Å²) in [5.74, 6) is -0.0291. The number of aliphatic imine (C=N–C) groups is 1. The molecular formula is C29H34ClN3O5. The van der Waals surface area contributed by atoms with E-state index in [1.807, 2.05) is 38.1 Å². The highest BCUT2D eigenvalue weighted by Gasteiger charge is 2.45. The van der Waals surface area contributed by atoms with Crippen molar-refractivity contribution in [3.8, 4) is 11.1 Å². The highest BCUT2D eigenvalue weighted by atomic mass is 35.5. The molecule has 2 aromatic rings. The molecule has 2 aromatic carbocycles. The Hall–Kier alpha value is -3.23. The molecule has 0 spiro atoms. The van der Waals surface area contributed by atoms with Crippen LogP contribution in [0.25, 0.3) is 11.1 Å². The number of carbonyl (C=O) groups is 3. The summed E-state index contributed by atoms with van der Waals surface area (Å²) in [5, 5.41) is 3.82. The van der Waals surface area contributed by atoms with Gasteiger partial charge in [0.15, 0.2) is 0 Å². The molecule has 4 rings (SSSR count). The third-order valence-electron chi connectivity index (χ3n) is 6.73. The molecule has 0 bridgehead atoms. The van der Waals surface area contributed by atoms with Crippen LogP contribution in [0.5, 0.6) is 0 Å². The Kier molecular flexibility index (Phi) is 7.95. The van der Waals surface area contributed by atoms with E-state index >= 15 is 0 Å². The summed E-state index contributed by atoms with van der Waals surface area (Å²) in [7, 11) is 0. The third kappa shape index (κ3) is 6.08. The Morgan fingerprint density at radius 2 is 2.00 bits per heavy atom. The molecule has 0 aliphatic carbocycles. The molecule has 0 unspecified atom stereocenters. The molecule has 2 fully saturated rings. The number of benzene rings is 2. The SMILES string of the molecule is C[C@H]1C[C@@H](N2C(=O)C[C@@](C)(c3cccc(-c4cccc(C=O)c4)c3Cl)N/C2=N\C(=O)OC(C)(C)C)CCO1. The second-order valence-corrected chi connectivity index (χ2v) is 11.5. The monoisotopic (exact) mass is 539 g/mol. The number of rotatable bonds is 4. The van der Waals surface area contributed by atoms with Crippen LogP contribution in [-0.2, 0) is 19.8 Å². The first-order chi connectivity index (χ1) is 17.9. The van der Waals surface area contributed by atoms with Gasteiger partial charge >= 0.3 is 6.09 Å². The van der Waals surface area contributed by atoms with Crippen molar-refractivity contribution in [2.75, 3.05) is 6.61 Å². The minimum Gasteiger partial charge on any atom is -0.442 e. The zero-order valence-corrected chi connectivity index (χ0v) is 23.2. The van der Waals surface area contributed by atoms with E-state index in [0.29, 0.717) is 35.6 Å². The van der Waals surface area contributed by atoms with Gasteiger partial charge in [0.1, 0.15) is 11.9 Å². The van der Waals surface area contributed by atoms with E-state index in [4.69, 9.17) is 21.1 Å². The standard InChI is InChI=1S/C29H34ClN3O5/c1-18-14-21(12-13-37-18)33-24(35)16-29(5,32-26(33)31-27(36)38-28(2,3)4)23-11-7-10-22(25(23)30)20-9-6-8-19(15-20)17-34/h6-11,15,17-18,21H,12-14,16H2,1-5H3,(H,31,32,36)/t18-,21-,29-/m0/s1. The van der Waals surface area contributed by atoms with Gasteiger partial charge in [-0.1, -0.05) is 48.0 Å². The van der Waals surface area contributed by atoms with Crippen molar-refractivity contribution >= 4 is 35.8 Å². The molecular weight excluding hydrogens is 506 g/mol. The fraction of sp³-hybridized carbons (Fsp3) is 0.448. The number of ether oxygens (including phenoxy) is 2. The van der Waals surface area contributed by atoms with E-state index in [1.165, 1.54) is 0 Å². The quantitative estimate of drug-likeness (QED) is 0.499. The minimum absolute atomic E-state index is 0.0223. The molecule has 2 saturated heterocycles. The topological polar surface area (TPSA) is 97.3 Å². The predicted molar refractivity (Wildman–Crippen MR) is 146 cm³/mol. The second kappa shape index (κ2) is 10.9. The van der Waals surface area contributed by atoms with Crippen molar-refractivity contribution in [3.63, 3.8) is 0 Å². The van der Waals surface area contributed by atoms with Gasteiger partial charge in [-0.3, -0.25) is 14.5 Å². The first-order valence-corrected chi connectivity index (χ1v) is 13.2. The maximum Gasteiger partial charge on any atom is 0.437 e. The maximum atomic E-state index is 13.7. The zero-order chi connectivity index (χ0) is 27.7. The lowest BCUT2D eigenvalue weighted by molar-refractivity contribution is -0.134. The second-order valence-electron chi connectivity index (χ2n) is 11.1. The molecule has 1 N–H and O–H groups in total. The molecule has 2 amide bonds. The van der Waals surface area contributed by atoms with Crippen LogP contribution in [0.2, 0.25) is 5.02 Å². The lowest BCUT2D eigenvalue weighted by Crippen LogP contribution is -2.63. The van der Waals surface area contributed by atoms with Gasteiger partial charge in [-0.25, -0.2) is 4.79 Å². The fourth-order valence-electron chi connectivity index (χ4n) is 5.02. The fourth-order valence-corrected chi connectivity index (χ4v) is 5.46. The van der Waals surface area contributed by atoms with Crippen molar-refractivity contribution in [2.45, 2.75) is 77.2 Å². The average Bonchev–Trinajstić information content (AvgIpc) is 2.82. The smallest absolute Gasteiger partial charge is 0.437 e. The summed E-state index contributed by atoms with van der Waals surface area (Å²) in [5.41, 5.74) is 1.03. The van der Waals surface area contributed by atoms with Crippen LogP contribution < -0.4 is 5.32 Å². The summed E-state index contributed by atoms with van der Waals surface area (Å²) < 4.78 is 11.1. The van der Waals surface area contributed by atoms with Gasteiger partial charge < -0.3 is 14.8 Å². The number of nitrogens with zero attached hydrogens (tertiary/aromatic N) is 2. The Labute approximate surface area is 228 Å². The van der Waals surface area contributed by atoms with E-state index in [-0.39, 0.29) is 30.4 Å². The molecule has 38 heavy (non-hydrogen) atoms. The third-order valence-corrected chi connectivity index (χ3v) is 7.14. The molecule has 9 heteroatoms. The Morgan fingerprint density at radius 1 is 1.26 bits per heavy atom. The van der Waals surface area contributed by atoms with Crippen molar-refractivity contribution in [1.82, 2.24) is 10.2 Å². The van der Waals surface area contributed by atoms with E-state index in [0.717, 1.165) is 17.4 Å². The van der Waals surface area contributed by atoms with E-state index in [2.05, 4.69) is 10.3 Å². The Morgan fingerprint density at radius 3 is 2.68 bits per heavy atom. The number of halogens is 1. The maximum absolute atomic E-state index is 13.7. The Bertz CT molecular complexity index is 1270. The van der Waals surface area contributed by atoms with Gasteiger partial charge in [0, 0.05) is 23.8 Å². The van der Waals surface area contributed by atoms with Gasteiger partial charge in [0.25, 0.3) is 0 Å². The summed E-state index contributed by atoms with van der Waals surface area (Å²) in [6, 6.07) is 12.6. The average molecular weight is 540 g/mol. The normalized spacial score (nSPS) is 25.2. The molecule has 0 saturated carbocycles. The number of carbonyl (C=O) groups excluding carboxylic acids is 3. The zero-order valence-electron chi connectivity index (χ0n) is 22.4. The van der Waals surface area contributed by atoms with Gasteiger partial charge in [-0.2, -0.15) is 0 Å². The first kappa shape index (κ1) is 27.8. The van der Waals surface area contributed by atoms with Crippen LogP contribution >= 0.6 is 11.6 Å². The van der Waals surface area contributed by atoms with Gasteiger partial charge in [-0.05, 0) is 64.7 Å². The van der Waals surface area contributed by atoms with E-state index in [1.54, 1.807) is 43.9 Å². The van der Waals surface area contributed by atoms with E-state index in [9.17, 15) is 14.4 Å². The number of nitrogens with one attached hydrogen (secondary N) is 1. The van der Waals surface area contributed by atoms with Crippen LogP contribution in [0.1, 0.15) is 69.8 Å². The largest absolute Gasteiger partial charge is 0.442 e. The lowest BCUT2D eigenvalue weighted by Gasteiger charge is -2.46. The molecule has 2 aliphatic heterocycles. The van der Waals surface area contributed by atoms with Gasteiger partial charge in [0.05, 0.1) is 23.1 Å². The van der Waals surface area contributed by atoms with Crippen molar-refractivity contribution in [1.29, 1.82) is 0 Å². The molecule has 8 nitrogen and oxygen atoms in total. The Balaban J connectivity index is 1.75. The first-order valence-electron chi connectivity index (χ1n) is 12.8. The lowest BCUT2D eigenvalue weighted by atomic mass is 9.84. The van der Waals surface area contributed by atoms with Crippen LogP contribution in [-0.4, -0.2) is 53.5 Å². The number of guanidine groups is 1. The van der Waals surface area contributed by atoms with E-state index < -0.39 is 17.2 Å². The van der Waals surface area contributed by atoms with Crippen LogP contribution in [0.15, 0.2) is 47.5 Å². The predicted octanol–water partition coefficient (Wildman–Crippen LogP) is 5.72. The summed E-state index contributed by atoms with van der Waals surface area (Å²) >= 11 is 6.95. The number of hydrogen-bond acceptors (Lipinski definition) is 5. The molecule has 3 atom stereocenters. The summed E-state index contributed by atoms with van der Waals surface area (Å²) in [6.45, 7) is 9.63. The van der Waals surface area contributed by atoms with Crippen molar-refractivity contribution in [2.24, 2.45) is 4.99 Å². The minimum atomic E-state index is -0.958. The van der Waals surface area contributed by atoms with Crippen LogP contribution in [0.4, 0.5) is 4.79 Å². The summed E-state index contributed by atoms with van der Waals surface area (Å²) in [6.07, 6.45) is 1.34. The number of amides is 2. The van der Waals surface area contributed by atoms with Gasteiger partial charge in [0.2, 0.25) is 11.9 Å². The number of hydrogen-bond donors (Lipinski definition) is 1. The highest BCUT2D eigenvalue weighted by molar-refractivity contribution is 6.34. The molecule has 2 heterocycles. The van der Waals surface area contributed by atoms with Gasteiger partial charge in [-0.15, -0.1) is 4.99 Å². The molecule has 202 valence electrons. The number of aldehydes is 1. The van der Waals surface area contributed by atoms with Crippen molar-refractivity contribution in [3.05, 3.63) is 58.6 Å². The highest BCUT2D eigenvalue weighted by Crippen LogP contribution is 2.40. The van der Waals surface area contributed by atoms with Crippen LogP contribution in [0, 0.1) is 0 Å².